The maximum atomic E-state index is 12.5. The van der Waals surface area contributed by atoms with Crippen LogP contribution in [0.25, 0.3) is 22.2 Å². The van der Waals surface area contributed by atoms with E-state index in [0.717, 1.165) is 48.6 Å². The molecule has 2 N–H and O–H groups in total. The van der Waals surface area contributed by atoms with Crippen LogP contribution in [0.1, 0.15) is 50.6 Å². The van der Waals surface area contributed by atoms with E-state index in [0.29, 0.717) is 5.65 Å². The summed E-state index contributed by atoms with van der Waals surface area (Å²) in [7, 11) is 0. The number of aromatic nitrogens is 3. The van der Waals surface area contributed by atoms with Gasteiger partial charge in [0.2, 0.25) is 5.95 Å². The van der Waals surface area contributed by atoms with Crippen LogP contribution in [-0.2, 0) is 6.42 Å². The summed E-state index contributed by atoms with van der Waals surface area (Å²) in [5.74, 6) is 0.194. The third-order valence-electron chi connectivity index (χ3n) is 6.00. The van der Waals surface area contributed by atoms with E-state index in [1.807, 2.05) is 0 Å². The third kappa shape index (κ3) is 5.01. The van der Waals surface area contributed by atoms with Gasteiger partial charge >= 0.3 is 6.18 Å². The van der Waals surface area contributed by atoms with Crippen molar-refractivity contribution < 1.29 is 18.3 Å². The predicted molar refractivity (Wildman–Crippen MR) is 115 cm³/mol. The van der Waals surface area contributed by atoms with E-state index in [1.165, 1.54) is 5.56 Å². The first-order valence-corrected chi connectivity index (χ1v) is 10.8. The smallest absolute Gasteiger partial charge is 0.390 e. The van der Waals surface area contributed by atoms with E-state index in [4.69, 9.17) is 0 Å². The summed E-state index contributed by atoms with van der Waals surface area (Å²) >= 11 is 0. The number of fused-ring (bicyclic) bond motifs is 1. The van der Waals surface area contributed by atoms with Crippen LogP contribution in [0, 0.1) is 0 Å². The van der Waals surface area contributed by atoms with Crippen LogP contribution < -0.4 is 5.32 Å². The third-order valence-corrected chi connectivity index (χ3v) is 6.00. The number of benzene rings is 1. The van der Waals surface area contributed by atoms with Crippen LogP contribution in [0.3, 0.4) is 0 Å². The SMILES string of the molecule is CCc1ccc(-c2cn(C3CCC(O)CC3)c3nc(NCCC(F)(F)F)ncc23)cc1. The fraction of sp³-hybridized carbons (Fsp3) is 0.478. The van der Waals surface area contributed by atoms with Gasteiger partial charge in [-0.3, -0.25) is 0 Å². The van der Waals surface area contributed by atoms with Gasteiger partial charge in [0.25, 0.3) is 0 Å². The predicted octanol–water partition coefficient (Wildman–Crippen LogP) is 5.50. The summed E-state index contributed by atoms with van der Waals surface area (Å²) in [4.78, 5) is 8.85. The van der Waals surface area contributed by atoms with Crippen molar-refractivity contribution >= 4 is 17.0 Å². The molecule has 0 aliphatic heterocycles. The summed E-state index contributed by atoms with van der Waals surface area (Å²) < 4.78 is 39.6. The van der Waals surface area contributed by atoms with Crippen LogP contribution in [0.5, 0.6) is 0 Å². The molecule has 2 heterocycles. The highest BCUT2D eigenvalue weighted by Crippen LogP contribution is 2.36. The Hall–Kier alpha value is -2.61. The first kappa shape index (κ1) is 21.6. The quantitative estimate of drug-likeness (QED) is 0.540. The van der Waals surface area contributed by atoms with E-state index >= 15 is 0 Å². The van der Waals surface area contributed by atoms with Crippen molar-refractivity contribution in [1.29, 1.82) is 0 Å². The second-order valence-electron chi connectivity index (χ2n) is 8.19. The highest BCUT2D eigenvalue weighted by molar-refractivity contribution is 5.94. The first-order chi connectivity index (χ1) is 14.8. The molecule has 5 nitrogen and oxygen atoms in total. The molecule has 0 radical (unpaired) electrons. The lowest BCUT2D eigenvalue weighted by molar-refractivity contribution is -0.131. The lowest BCUT2D eigenvalue weighted by Gasteiger charge is -2.27. The number of hydrogen-bond acceptors (Lipinski definition) is 4. The minimum absolute atomic E-state index is 0.187. The number of anilines is 1. The van der Waals surface area contributed by atoms with Gasteiger partial charge in [0.05, 0.1) is 12.5 Å². The maximum absolute atomic E-state index is 12.5. The van der Waals surface area contributed by atoms with Crippen LogP contribution in [0.15, 0.2) is 36.7 Å². The van der Waals surface area contributed by atoms with Gasteiger partial charge in [-0.2, -0.15) is 18.2 Å². The van der Waals surface area contributed by atoms with Gasteiger partial charge < -0.3 is 15.0 Å². The summed E-state index contributed by atoms with van der Waals surface area (Å²) in [6.45, 7) is 1.84. The van der Waals surface area contributed by atoms with Gasteiger partial charge in [-0.1, -0.05) is 31.2 Å². The van der Waals surface area contributed by atoms with Gasteiger partial charge in [-0.25, -0.2) is 4.98 Å². The molecule has 2 aromatic heterocycles. The van der Waals surface area contributed by atoms with E-state index in [2.05, 4.69) is 57.2 Å². The summed E-state index contributed by atoms with van der Waals surface area (Å²) in [6, 6.07) is 8.55. The molecule has 0 unspecified atom stereocenters. The Morgan fingerprint density at radius 3 is 2.48 bits per heavy atom. The minimum atomic E-state index is -4.22. The Morgan fingerprint density at radius 2 is 1.84 bits per heavy atom. The topological polar surface area (TPSA) is 63.0 Å². The molecule has 31 heavy (non-hydrogen) atoms. The number of aryl methyl sites for hydroxylation is 1. The number of nitrogens with zero attached hydrogens (tertiary/aromatic N) is 3. The van der Waals surface area contributed by atoms with Crippen molar-refractivity contribution in [2.24, 2.45) is 0 Å². The number of hydrogen-bond donors (Lipinski definition) is 2. The Labute approximate surface area is 179 Å². The molecule has 0 atom stereocenters. The van der Waals surface area contributed by atoms with Gasteiger partial charge in [0.15, 0.2) is 0 Å². The van der Waals surface area contributed by atoms with Gasteiger partial charge in [-0.15, -0.1) is 0 Å². The van der Waals surface area contributed by atoms with Crippen molar-refractivity contribution in [3.63, 3.8) is 0 Å². The standard InChI is InChI=1S/C23H27F3N4O/c1-2-15-3-5-16(6-4-15)20-14-30(17-7-9-18(31)10-8-17)21-19(20)13-28-22(29-21)27-12-11-23(24,25)26/h3-6,13-14,17-18,31H,2,7-12H2,1H3,(H,27,28,29). The Bertz CT molecular complexity index is 1020. The maximum Gasteiger partial charge on any atom is 0.390 e. The van der Waals surface area contributed by atoms with Gasteiger partial charge in [-0.05, 0) is 43.2 Å². The molecule has 8 heteroatoms. The van der Waals surface area contributed by atoms with Crippen LogP contribution in [-0.4, -0.2) is 38.5 Å². The summed E-state index contributed by atoms with van der Waals surface area (Å²) in [5, 5.41) is 13.5. The van der Waals surface area contributed by atoms with Crippen molar-refractivity contribution in [1.82, 2.24) is 14.5 Å². The lowest BCUT2D eigenvalue weighted by Crippen LogP contribution is -2.21. The zero-order valence-electron chi connectivity index (χ0n) is 17.5. The average Bonchev–Trinajstić information content (AvgIpc) is 3.12. The molecule has 166 valence electrons. The minimum Gasteiger partial charge on any atom is -0.393 e. The second-order valence-corrected chi connectivity index (χ2v) is 8.19. The monoisotopic (exact) mass is 432 g/mol. The van der Waals surface area contributed by atoms with Crippen molar-refractivity contribution in [2.75, 3.05) is 11.9 Å². The summed E-state index contributed by atoms with van der Waals surface area (Å²) in [6.07, 6.45) is 2.41. The molecule has 1 aromatic carbocycles. The molecular weight excluding hydrogens is 405 g/mol. The Morgan fingerprint density at radius 1 is 1.13 bits per heavy atom. The molecule has 0 saturated heterocycles. The fourth-order valence-electron chi connectivity index (χ4n) is 4.20. The van der Waals surface area contributed by atoms with E-state index in [-0.39, 0.29) is 24.6 Å². The highest BCUT2D eigenvalue weighted by Gasteiger charge is 2.27. The molecule has 1 aliphatic rings. The molecular formula is C23H27F3N4O. The normalized spacial score (nSPS) is 19.6. The van der Waals surface area contributed by atoms with Gasteiger partial charge in [0, 0.05) is 35.9 Å². The fourth-order valence-corrected chi connectivity index (χ4v) is 4.20. The van der Waals surface area contributed by atoms with Crippen LogP contribution in [0.2, 0.25) is 0 Å². The highest BCUT2D eigenvalue weighted by atomic mass is 19.4. The Balaban J connectivity index is 1.70. The Kier molecular flexibility index (Phi) is 6.18. The number of alkyl halides is 3. The number of rotatable bonds is 6. The zero-order valence-corrected chi connectivity index (χ0v) is 17.5. The average molecular weight is 432 g/mol. The van der Waals surface area contributed by atoms with E-state index in [1.54, 1.807) is 6.20 Å². The van der Waals surface area contributed by atoms with Crippen molar-refractivity contribution in [3.8, 4) is 11.1 Å². The molecule has 1 saturated carbocycles. The molecule has 3 aromatic rings. The molecule has 1 aliphatic carbocycles. The van der Waals surface area contributed by atoms with Crippen molar-refractivity contribution in [3.05, 3.63) is 42.2 Å². The largest absolute Gasteiger partial charge is 0.393 e. The van der Waals surface area contributed by atoms with Crippen molar-refractivity contribution in [2.45, 2.75) is 63.8 Å². The number of halogens is 3. The molecule has 0 spiro atoms. The number of nitrogens with one attached hydrogen (secondary N) is 1. The van der Waals surface area contributed by atoms with Crippen LogP contribution >= 0.6 is 0 Å². The van der Waals surface area contributed by atoms with E-state index < -0.39 is 12.6 Å². The van der Waals surface area contributed by atoms with Gasteiger partial charge in [0.1, 0.15) is 5.65 Å². The lowest BCUT2D eigenvalue weighted by atomic mass is 9.93. The first-order valence-electron chi connectivity index (χ1n) is 10.8. The zero-order chi connectivity index (χ0) is 22.0. The molecule has 4 rings (SSSR count). The molecule has 0 bridgehead atoms. The second kappa shape index (κ2) is 8.86. The molecule has 0 amide bonds. The van der Waals surface area contributed by atoms with Crippen LogP contribution in [0.4, 0.5) is 19.1 Å². The number of aliphatic hydroxyl groups is 1. The van der Waals surface area contributed by atoms with E-state index in [9.17, 15) is 18.3 Å². The molecule has 1 fully saturated rings. The number of aliphatic hydroxyl groups excluding tert-OH is 1. The summed E-state index contributed by atoms with van der Waals surface area (Å²) in [5.41, 5.74) is 4.02.